The number of fused-ring (bicyclic) bond motifs is 1. The number of amides is 1. The molecule has 0 bridgehead atoms. The van der Waals surface area contributed by atoms with Gasteiger partial charge in [0.05, 0.1) is 11.6 Å². The molecule has 1 N–H and O–H groups in total. The van der Waals surface area contributed by atoms with Crippen LogP contribution in [0, 0.1) is 0 Å². The van der Waals surface area contributed by atoms with Crippen LogP contribution in [0.1, 0.15) is 12.8 Å². The number of anilines is 1. The summed E-state index contributed by atoms with van der Waals surface area (Å²) in [5.74, 6) is 0.741. The van der Waals surface area contributed by atoms with E-state index in [2.05, 4.69) is 5.32 Å². The molecule has 0 radical (unpaired) electrons. The molecule has 3 rings (SSSR count). The predicted octanol–water partition coefficient (Wildman–Crippen LogP) is 4.11. The maximum Gasteiger partial charge on any atom is 0.306 e. The maximum atomic E-state index is 12.0. The average molecular weight is 440 g/mol. The molecule has 2 aromatic rings. The molecule has 0 aliphatic carbocycles. The number of carbonyl (C=O) groups is 2. The van der Waals surface area contributed by atoms with Crippen LogP contribution in [0.4, 0.5) is 5.69 Å². The molecule has 0 atom stereocenters. The predicted molar refractivity (Wildman–Crippen MR) is 108 cm³/mol. The Morgan fingerprint density at radius 3 is 2.62 bits per heavy atom. The summed E-state index contributed by atoms with van der Waals surface area (Å²) in [5.41, 5.74) is 0.531. The van der Waals surface area contributed by atoms with Gasteiger partial charge in [-0.3, -0.25) is 9.59 Å². The Balaban J connectivity index is 1.34. The van der Waals surface area contributed by atoms with Gasteiger partial charge >= 0.3 is 5.97 Å². The van der Waals surface area contributed by atoms with Gasteiger partial charge in [0.25, 0.3) is 5.91 Å². The molecule has 0 saturated heterocycles. The number of ether oxygens (including phenoxy) is 4. The number of nitrogens with one attached hydrogen (secondary N) is 1. The molecule has 1 amide bonds. The molecule has 0 spiro atoms. The highest BCUT2D eigenvalue weighted by molar-refractivity contribution is 6.35. The van der Waals surface area contributed by atoms with Crippen molar-refractivity contribution in [3.63, 3.8) is 0 Å². The zero-order chi connectivity index (χ0) is 20.6. The Kier molecular flexibility index (Phi) is 7.43. The van der Waals surface area contributed by atoms with E-state index >= 15 is 0 Å². The molecule has 0 aromatic heterocycles. The van der Waals surface area contributed by atoms with Crippen molar-refractivity contribution in [2.24, 2.45) is 0 Å². The fourth-order valence-electron chi connectivity index (χ4n) is 2.53. The molecule has 9 heteroatoms. The van der Waals surface area contributed by atoms with E-state index in [0.29, 0.717) is 52.6 Å². The average Bonchev–Trinajstić information content (AvgIpc) is 2.71. The number of hydrogen-bond acceptors (Lipinski definition) is 6. The number of esters is 1. The fourth-order valence-corrected chi connectivity index (χ4v) is 2.99. The van der Waals surface area contributed by atoms with Crippen LogP contribution in [0.25, 0.3) is 0 Å². The van der Waals surface area contributed by atoms with E-state index < -0.39 is 11.9 Å². The van der Waals surface area contributed by atoms with Gasteiger partial charge in [-0.2, -0.15) is 0 Å². The number of benzene rings is 2. The summed E-state index contributed by atoms with van der Waals surface area (Å²) in [5, 5.41) is 3.56. The molecule has 1 heterocycles. The highest BCUT2D eigenvalue weighted by atomic mass is 35.5. The Bertz CT molecular complexity index is 889. The zero-order valence-electron chi connectivity index (χ0n) is 15.4. The topological polar surface area (TPSA) is 83.1 Å². The largest absolute Gasteiger partial charge is 0.492 e. The van der Waals surface area contributed by atoms with Crippen LogP contribution in [0.5, 0.6) is 17.2 Å². The summed E-state index contributed by atoms with van der Waals surface area (Å²) in [4.78, 5) is 23.7. The van der Waals surface area contributed by atoms with E-state index in [0.717, 1.165) is 0 Å². The number of halogens is 2. The standard InChI is InChI=1S/C20H19Cl2NO6/c21-13-3-5-16(15(22)10-13)26-7-1-2-20(25)29-12-19(24)23-14-4-6-17-18(11-14)28-9-8-27-17/h3-6,10-11H,1-2,7-9,12H2,(H,23,24). The Labute approximate surface area is 177 Å². The van der Waals surface area contributed by atoms with E-state index in [1.807, 2.05) is 0 Å². The Morgan fingerprint density at radius 2 is 1.83 bits per heavy atom. The molecular weight excluding hydrogens is 421 g/mol. The van der Waals surface area contributed by atoms with Gasteiger partial charge in [0.15, 0.2) is 18.1 Å². The third kappa shape index (κ3) is 6.44. The van der Waals surface area contributed by atoms with Crippen LogP contribution >= 0.6 is 23.2 Å². The monoisotopic (exact) mass is 439 g/mol. The third-order valence-electron chi connectivity index (χ3n) is 3.87. The summed E-state index contributed by atoms with van der Waals surface area (Å²) in [6, 6.07) is 9.96. The van der Waals surface area contributed by atoms with Gasteiger partial charge < -0.3 is 24.3 Å². The quantitative estimate of drug-likeness (QED) is 0.492. The summed E-state index contributed by atoms with van der Waals surface area (Å²) in [7, 11) is 0. The van der Waals surface area contributed by atoms with E-state index in [1.165, 1.54) is 0 Å². The van der Waals surface area contributed by atoms with Gasteiger partial charge in [0, 0.05) is 23.2 Å². The minimum absolute atomic E-state index is 0.114. The van der Waals surface area contributed by atoms with Crippen molar-refractivity contribution in [3.8, 4) is 17.2 Å². The summed E-state index contributed by atoms with van der Waals surface area (Å²) in [6.45, 7) is 0.847. The minimum Gasteiger partial charge on any atom is -0.492 e. The number of rotatable bonds is 8. The second kappa shape index (κ2) is 10.2. The first-order valence-corrected chi connectivity index (χ1v) is 9.70. The Hall–Kier alpha value is -2.64. The highest BCUT2D eigenvalue weighted by Crippen LogP contribution is 2.32. The van der Waals surface area contributed by atoms with Crippen LogP contribution in [0.15, 0.2) is 36.4 Å². The summed E-state index contributed by atoms with van der Waals surface area (Å²) in [6.07, 6.45) is 0.532. The zero-order valence-corrected chi connectivity index (χ0v) is 16.9. The third-order valence-corrected chi connectivity index (χ3v) is 4.40. The van der Waals surface area contributed by atoms with Crippen molar-refractivity contribution in [1.82, 2.24) is 0 Å². The molecule has 0 unspecified atom stereocenters. The summed E-state index contributed by atoms with van der Waals surface area (Å²) < 4.78 is 21.3. The van der Waals surface area contributed by atoms with E-state index in [1.54, 1.807) is 36.4 Å². The molecule has 1 aliphatic rings. The molecule has 29 heavy (non-hydrogen) atoms. The maximum absolute atomic E-state index is 12.0. The first-order chi connectivity index (χ1) is 14.0. The molecule has 1 aliphatic heterocycles. The molecule has 7 nitrogen and oxygen atoms in total. The van der Waals surface area contributed by atoms with Crippen LogP contribution < -0.4 is 19.5 Å². The van der Waals surface area contributed by atoms with Crippen molar-refractivity contribution in [2.45, 2.75) is 12.8 Å². The second-order valence-electron chi connectivity index (χ2n) is 6.09. The second-order valence-corrected chi connectivity index (χ2v) is 6.94. The number of hydrogen-bond donors (Lipinski definition) is 1. The molecule has 154 valence electrons. The molecule has 0 saturated carbocycles. The van der Waals surface area contributed by atoms with E-state index in [9.17, 15) is 9.59 Å². The van der Waals surface area contributed by atoms with Crippen molar-refractivity contribution in [2.75, 3.05) is 31.7 Å². The van der Waals surface area contributed by atoms with Gasteiger partial charge in [-0.1, -0.05) is 23.2 Å². The molecule has 0 fully saturated rings. The minimum atomic E-state index is -0.492. The van der Waals surface area contributed by atoms with Crippen LogP contribution in [0.2, 0.25) is 10.0 Å². The van der Waals surface area contributed by atoms with Crippen LogP contribution in [-0.2, 0) is 14.3 Å². The van der Waals surface area contributed by atoms with Gasteiger partial charge in [-0.25, -0.2) is 0 Å². The molecule has 2 aromatic carbocycles. The number of carbonyl (C=O) groups excluding carboxylic acids is 2. The van der Waals surface area contributed by atoms with Gasteiger partial charge in [-0.05, 0) is 36.8 Å². The lowest BCUT2D eigenvalue weighted by atomic mass is 10.2. The lowest BCUT2D eigenvalue weighted by Gasteiger charge is -2.19. The normalized spacial score (nSPS) is 12.2. The van der Waals surface area contributed by atoms with Crippen LogP contribution in [0.3, 0.4) is 0 Å². The lowest BCUT2D eigenvalue weighted by Crippen LogP contribution is -2.21. The van der Waals surface area contributed by atoms with Gasteiger partial charge in [-0.15, -0.1) is 0 Å². The fraction of sp³-hybridized carbons (Fsp3) is 0.300. The van der Waals surface area contributed by atoms with Crippen molar-refractivity contribution < 1.29 is 28.5 Å². The highest BCUT2D eigenvalue weighted by Gasteiger charge is 2.13. The first kappa shape index (κ1) is 21.1. The van der Waals surface area contributed by atoms with Gasteiger partial charge in [0.1, 0.15) is 19.0 Å². The van der Waals surface area contributed by atoms with Crippen molar-refractivity contribution in [3.05, 3.63) is 46.4 Å². The summed E-state index contributed by atoms with van der Waals surface area (Å²) >= 11 is 11.8. The Morgan fingerprint density at radius 1 is 1.03 bits per heavy atom. The smallest absolute Gasteiger partial charge is 0.306 e. The van der Waals surface area contributed by atoms with Crippen molar-refractivity contribution in [1.29, 1.82) is 0 Å². The van der Waals surface area contributed by atoms with Crippen LogP contribution in [-0.4, -0.2) is 38.3 Å². The van der Waals surface area contributed by atoms with E-state index in [4.69, 9.17) is 42.1 Å². The van der Waals surface area contributed by atoms with Gasteiger partial charge in [0.2, 0.25) is 0 Å². The first-order valence-electron chi connectivity index (χ1n) is 8.94. The SMILES string of the molecule is O=C(COC(=O)CCCOc1ccc(Cl)cc1Cl)Nc1ccc2c(c1)OCCO2. The van der Waals surface area contributed by atoms with E-state index in [-0.39, 0.29) is 19.6 Å². The van der Waals surface area contributed by atoms with Crippen molar-refractivity contribution >= 4 is 40.8 Å². The molecular formula is C20H19Cl2NO6. The lowest BCUT2D eigenvalue weighted by molar-refractivity contribution is -0.147.